The Labute approximate surface area is 71.4 Å². The predicted octanol–water partition coefficient (Wildman–Crippen LogP) is 0.104. The van der Waals surface area contributed by atoms with Crippen molar-refractivity contribution in [1.29, 1.82) is 0 Å². The molecule has 3 rings (SSSR count). The van der Waals surface area contributed by atoms with Gasteiger partial charge in [-0.3, -0.25) is 0 Å². The van der Waals surface area contributed by atoms with Crippen LogP contribution >= 0.6 is 0 Å². The Hall–Kier alpha value is -0.160. The summed E-state index contributed by atoms with van der Waals surface area (Å²) in [5.41, 5.74) is -0.316. The molecule has 70 valence electrons. The van der Waals surface area contributed by atoms with Crippen molar-refractivity contribution in [2.75, 3.05) is 19.8 Å². The highest BCUT2D eigenvalue weighted by Gasteiger charge is 2.47. The van der Waals surface area contributed by atoms with Crippen molar-refractivity contribution < 1.29 is 19.3 Å². The molecule has 3 saturated heterocycles. The molecule has 3 aliphatic rings. The van der Waals surface area contributed by atoms with Crippen LogP contribution in [0.3, 0.4) is 0 Å². The van der Waals surface area contributed by atoms with Crippen LogP contribution in [0.5, 0.6) is 0 Å². The molecule has 4 heteroatoms. The lowest BCUT2D eigenvalue weighted by Gasteiger charge is -2.47. The number of aliphatic hydroxyl groups is 1. The van der Waals surface area contributed by atoms with Gasteiger partial charge in [-0.25, -0.2) is 0 Å². The second-order valence-electron chi connectivity index (χ2n) is 3.51. The molecule has 12 heavy (non-hydrogen) atoms. The Bertz CT molecular complexity index is 149. The molecule has 0 aromatic carbocycles. The summed E-state index contributed by atoms with van der Waals surface area (Å²) < 4.78 is 15.6. The van der Waals surface area contributed by atoms with E-state index in [0.717, 1.165) is 0 Å². The van der Waals surface area contributed by atoms with Crippen LogP contribution in [0.1, 0.15) is 13.3 Å². The van der Waals surface area contributed by atoms with Gasteiger partial charge in [0.25, 0.3) is 6.48 Å². The Morgan fingerprint density at radius 2 is 1.83 bits per heavy atom. The molecule has 0 saturated carbocycles. The van der Waals surface area contributed by atoms with Gasteiger partial charge in [0.2, 0.25) is 0 Å². The van der Waals surface area contributed by atoms with E-state index < -0.39 is 12.6 Å². The lowest BCUT2D eigenvalue weighted by molar-refractivity contribution is -0.405. The van der Waals surface area contributed by atoms with Gasteiger partial charge >= 0.3 is 0 Å². The van der Waals surface area contributed by atoms with Crippen LogP contribution < -0.4 is 0 Å². The van der Waals surface area contributed by atoms with Gasteiger partial charge in [-0.1, -0.05) is 6.92 Å². The molecule has 0 aromatic heterocycles. The zero-order valence-electron chi connectivity index (χ0n) is 7.16. The van der Waals surface area contributed by atoms with Gasteiger partial charge in [-0.2, -0.15) is 0 Å². The lowest BCUT2D eigenvalue weighted by atomic mass is 9.82. The molecule has 4 nitrogen and oxygen atoms in total. The average Bonchev–Trinajstić information content (AvgIpc) is 2.19. The van der Waals surface area contributed by atoms with Crippen molar-refractivity contribution in [3.63, 3.8) is 0 Å². The SMILES string of the molecule is CCC(O)C12COC(OC1)OC2. The maximum atomic E-state index is 9.72. The van der Waals surface area contributed by atoms with Crippen LogP contribution in [0.2, 0.25) is 0 Å². The summed E-state index contributed by atoms with van der Waals surface area (Å²) >= 11 is 0. The van der Waals surface area contributed by atoms with E-state index in [-0.39, 0.29) is 5.41 Å². The molecule has 2 bridgehead atoms. The van der Waals surface area contributed by atoms with E-state index in [4.69, 9.17) is 14.2 Å². The van der Waals surface area contributed by atoms with E-state index in [1.54, 1.807) is 0 Å². The predicted molar refractivity (Wildman–Crippen MR) is 40.4 cm³/mol. The molecule has 0 radical (unpaired) electrons. The van der Waals surface area contributed by atoms with Crippen LogP contribution in [0.25, 0.3) is 0 Å². The second kappa shape index (κ2) is 2.96. The van der Waals surface area contributed by atoms with E-state index in [2.05, 4.69) is 0 Å². The molecule has 1 unspecified atom stereocenters. The van der Waals surface area contributed by atoms with Crippen molar-refractivity contribution in [2.45, 2.75) is 25.9 Å². The zero-order chi connectivity index (χ0) is 8.60. The molecular weight excluding hydrogens is 160 g/mol. The smallest absolute Gasteiger partial charge is 0.271 e. The second-order valence-corrected chi connectivity index (χ2v) is 3.51. The molecular formula is C8H14O4. The fraction of sp³-hybridized carbons (Fsp3) is 1.00. The molecule has 3 fully saturated rings. The van der Waals surface area contributed by atoms with Crippen molar-refractivity contribution in [2.24, 2.45) is 5.41 Å². The minimum Gasteiger partial charge on any atom is -0.392 e. The summed E-state index contributed by atoms with van der Waals surface area (Å²) in [6.07, 6.45) is 0.319. The molecule has 1 N–H and O–H groups in total. The highest BCUT2D eigenvalue weighted by Crippen LogP contribution is 2.35. The third-order valence-corrected chi connectivity index (χ3v) is 2.61. The topological polar surface area (TPSA) is 47.9 Å². The number of hydrogen-bond donors (Lipinski definition) is 1. The monoisotopic (exact) mass is 174 g/mol. The van der Waals surface area contributed by atoms with Crippen LogP contribution in [-0.4, -0.2) is 37.5 Å². The molecule has 1 atom stereocenters. The summed E-state index contributed by atoms with van der Waals surface area (Å²) in [4.78, 5) is 0. The molecule has 0 spiro atoms. The summed E-state index contributed by atoms with van der Waals surface area (Å²) in [7, 11) is 0. The fourth-order valence-electron chi connectivity index (χ4n) is 1.69. The number of rotatable bonds is 2. The third-order valence-electron chi connectivity index (χ3n) is 2.61. The Morgan fingerprint density at radius 1 is 1.33 bits per heavy atom. The number of ether oxygens (including phenoxy) is 3. The van der Waals surface area contributed by atoms with Gasteiger partial charge in [0.05, 0.1) is 31.3 Å². The quantitative estimate of drug-likeness (QED) is 0.645. The van der Waals surface area contributed by atoms with Crippen LogP contribution in [0, 0.1) is 5.41 Å². The number of fused-ring (bicyclic) bond motifs is 3. The highest BCUT2D eigenvalue weighted by molar-refractivity contribution is 4.89. The molecule has 3 heterocycles. The molecule has 0 aromatic rings. The first-order valence-electron chi connectivity index (χ1n) is 4.30. The molecule has 0 aliphatic carbocycles. The average molecular weight is 174 g/mol. The Morgan fingerprint density at radius 3 is 2.25 bits per heavy atom. The van der Waals surface area contributed by atoms with Crippen LogP contribution in [-0.2, 0) is 14.2 Å². The van der Waals surface area contributed by atoms with E-state index in [9.17, 15) is 5.11 Å². The first-order valence-corrected chi connectivity index (χ1v) is 4.30. The summed E-state index contributed by atoms with van der Waals surface area (Å²) in [6.45, 7) is 3.10. The minimum absolute atomic E-state index is 0.316. The number of hydrogen-bond acceptors (Lipinski definition) is 4. The van der Waals surface area contributed by atoms with Crippen LogP contribution in [0.4, 0.5) is 0 Å². The maximum Gasteiger partial charge on any atom is 0.271 e. The van der Waals surface area contributed by atoms with Gasteiger partial charge in [-0.05, 0) is 6.42 Å². The van der Waals surface area contributed by atoms with Crippen molar-refractivity contribution in [1.82, 2.24) is 0 Å². The molecule has 3 aliphatic heterocycles. The lowest BCUT2D eigenvalue weighted by Crippen LogP contribution is -2.57. The maximum absolute atomic E-state index is 9.72. The summed E-state index contributed by atoms with van der Waals surface area (Å²) in [6, 6.07) is 0. The summed E-state index contributed by atoms with van der Waals surface area (Å²) in [5, 5.41) is 9.72. The first-order chi connectivity index (χ1) is 5.77. The highest BCUT2D eigenvalue weighted by atomic mass is 16.9. The molecule has 0 amide bonds. The van der Waals surface area contributed by atoms with Crippen LogP contribution in [0.15, 0.2) is 0 Å². The zero-order valence-corrected chi connectivity index (χ0v) is 7.16. The first kappa shape index (κ1) is 8.44. The van der Waals surface area contributed by atoms with Crippen molar-refractivity contribution in [3.8, 4) is 0 Å². The van der Waals surface area contributed by atoms with E-state index >= 15 is 0 Å². The van der Waals surface area contributed by atoms with Gasteiger partial charge in [0, 0.05) is 0 Å². The van der Waals surface area contributed by atoms with E-state index in [0.29, 0.717) is 26.2 Å². The third kappa shape index (κ3) is 1.15. The normalized spacial score (nSPS) is 43.0. The summed E-state index contributed by atoms with van der Waals surface area (Å²) in [5.74, 6) is 0. The Kier molecular flexibility index (Phi) is 2.08. The standard InChI is InChI=1S/C8H14O4/c1-2-6(9)8-3-10-7(11-4-8)12-5-8/h6-7,9H,2-5H2,1H3. The van der Waals surface area contributed by atoms with Crippen molar-refractivity contribution >= 4 is 0 Å². The Balaban J connectivity index is 2.08. The fourth-order valence-corrected chi connectivity index (χ4v) is 1.69. The van der Waals surface area contributed by atoms with E-state index in [1.165, 1.54) is 0 Å². The van der Waals surface area contributed by atoms with Gasteiger partial charge < -0.3 is 19.3 Å². The number of aliphatic hydroxyl groups excluding tert-OH is 1. The minimum atomic E-state index is -0.490. The van der Waals surface area contributed by atoms with Gasteiger partial charge in [-0.15, -0.1) is 0 Å². The van der Waals surface area contributed by atoms with E-state index in [1.807, 2.05) is 6.92 Å². The largest absolute Gasteiger partial charge is 0.392 e. The van der Waals surface area contributed by atoms with Gasteiger partial charge in [0.15, 0.2) is 0 Å². The van der Waals surface area contributed by atoms with Crippen molar-refractivity contribution in [3.05, 3.63) is 0 Å². The van der Waals surface area contributed by atoms with Gasteiger partial charge in [0.1, 0.15) is 0 Å².